The summed E-state index contributed by atoms with van der Waals surface area (Å²) in [5.74, 6) is 0. The molecule has 1 aliphatic rings. The third kappa shape index (κ3) is 6.05. The number of hydrogen-bond acceptors (Lipinski definition) is 5. The molecule has 3 N–H and O–H groups in total. The summed E-state index contributed by atoms with van der Waals surface area (Å²) in [6.45, 7) is 2.06. The highest BCUT2D eigenvalue weighted by atomic mass is 35.5. The fourth-order valence-corrected chi connectivity index (χ4v) is 4.16. The maximum Gasteiger partial charge on any atom is 0.435 e. The first-order valence-corrected chi connectivity index (χ1v) is 11.5. The van der Waals surface area contributed by atoms with Crippen molar-refractivity contribution in [2.24, 2.45) is 5.16 Å². The van der Waals surface area contributed by atoms with Crippen LogP contribution in [0.25, 0.3) is 0 Å². The first-order valence-electron chi connectivity index (χ1n) is 10.3. The van der Waals surface area contributed by atoms with Gasteiger partial charge in [0.15, 0.2) is 0 Å². The van der Waals surface area contributed by atoms with Crippen molar-refractivity contribution in [1.82, 2.24) is 5.43 Å². The molecule has 0 aromatic heterocycles. The molecule has 5 nitrogen and oxygen atoms in total. The minimum Gasteiger partial charge on any atom is -0.377 e. The van der Waals surface area contributed by atoms with Crippen molar-refractivity contribution < 1.29 is 23.1 Å². The average Bonchev–Trinajstić information content (AvgIpc) is 3.20. The van der Waals surface area contributed by atoms with Gasteiger partial charge in [0.25, 0.3) is 5.60 Å². The molecule has 2 unspecified atom stereocenters. The Labute approximate surface area is 204 Å². The molecule has 0 spiro atoms. The van der Waals surface area contributed by atoms with E-state index in [0.717, 1.165) is 31.4 Å². The highest BCUT2D eigenvalue weighted by molar-refractivity contribution is 6.34. The summed E-state index contributed by atoms with van der Waals surface area (Å²) < 4.78 is 42.5. The number of aliphatic hydroxyl groups excluding tert-OH is 1. The van der Waals surface area contributed by atoms with Crippen molar-refractivity contribution in [3.63, 3.8) is 0 Å². The second-order valence-electron chi connectivity index (χ2n) is 7.76. The lowest BCUT2D eigenvalue weighted by molar-refractivity contribution is -0.275. The Balaban J connectivity index is 1.81. The van der Waals surface area contributed by atoms with E-state index in [0.29, 0.717) is 22.7 Å². The van der Waals surface area contributed by atoms with Gasteiger partial charge in [0, 0.05) is 27.6 Å². The average molecular weight is 525 g/mol. The highest BCUT2D eigenvalue weighted by Gasteiger charge is 2.62. The number of anilines is 1. The summed E-state index contributed by atoms with van der Waals surface area (Å²) in [5.41, 5.74) is 3.42. The number of hydrogen-bond donors (Lipinski definition) is 3. The molecular formula is C22H23Cl3F3N3O2. The maximum atomic E-state index is 14.2. The predicted molar refractivity (Wildman–Crippen MR) is 125 cm³/mol. The Morgan fingerprint density at radius 1 is 1.12 bits per heavy atom. The number of hydrazine groups is 1. The van der Waals surface area contributed by atoms with Gasteiger partial charge in [-0.3, -0.25) is 0 Å². The van der Waals surface area contributed by atoms with E-state index in [4.69, 9.17) is 39.6 Å². The number of nitrogens with one attached hydrogen (secondary N) is 2. The Kier molecular flexibility index (Phi) is 8.40. The molecule has 3 rings (SSSR count). The van der Waals surface area contributed by atoms with E-state index < -0.39 is 24.4 Å². The standard InChI is InChI=1S/C22H23Cl3F3N3O2/c1-2-3-4-5-20(32)30-29-18-8-13(6-7-17(18)25)19-12-21(33-31-19,22(26,27)28)14-9-15(23)11-16(24)10-14/h6-11,20,29-30,32H,2-5,12H2,1H3. The summed E-state index contributed by atoms with van der Waals surface area (Å²) in [5, 5.41) is 14.2. The number of aliphatic hydroxyl groups is 1. The van der Waals surface area contributed by atoms with Gasteiger partial charge in [-0.1, -0.05) is 65.8 Å². The number of oxime groups is 1. The third-order valence-electron chi connectivity index (χ3n) is 5.27. The number of benzene rings is 2. The molecule has 0 amide bonds. The van der Waals surface area contributed by atoms with Crippen LogP contribution in [-0.2, 0) is 10.4 Å². The Bertz CT molecular complexity index is 1000. The molecule has 0 saturated heterocycles. The molecule has 0 bridgehead atoms. The van der Waals surface area contributed by atoms with E-state index in [2.05, 4.69) is 22.9 Å². The first kappa shape index (κ1) is 25.9. The number of rotatable bonds is 9. The first-order chi connectivity index (χ1) is 15.6. The third-order valence-corrected chi connectivity index (χ3v) is 6.04. The lowest BCUT2D eigenvalue weighted by Crippen LogP contribution is -2.42. The van der Waals surface area contributed by atoms with Crippen molar-refractivity contribution in [3.8, 4) is 0 Å². The van der Waals surface area contributed by atoms with Gasteiger partial charge in [0.05, 0.1) is 16.4 Å². The molecule has 2 atom stereocenters. The highest BCUT2D eigenvalue weighted by Crippen LogP contribution is 2.49. The molecule has 11 heteroatoms. The summed E-state index contributed by atoms with van der Waals surface area (Å²) >= 11 is 18.1. The molecular weight excluding hydrogens is 502 g/mol. The lowest BCUT2D eigenvalue weighted by Gasteiger charge is -2.29. The van der Waals surface area contributed by atoms with Crippen LogP contribution < -0.4 is 10.9 Å². The molecule has 1 heterocycles. The molecule has 0 saturated carbocycles. The van der Waals surface area contributed by atoms with Crippen LogP contribution in [0.1, 0.15) is 50.2 Å². The molecule has 2 aromatic carbocycles. The van der Waals surface area contributed by atoms with Crippen LogP contribution in [-0.4, -0.2) is 23.2 Å². The van der Waals surface area contributed by atoms with Gasteiger partial charge in [-0.15, -0.1) is 0 Å². The van der Waals surface area contributed by atoms with Crippen molar-refractivity contribution in [1.29, 1.82) is 0 Å². The lowest BCUT2D eigenvalue weighted by atomic mass is 9.86. The number of alkyl halides is 3. The van der Waals surface area contributed by atoms with Crippen LogP contribution in [0.4, 0.5) is 18.9 Å². The number of halogens is 6. The smallest absolute Gasteiger partial charge is 0.377 e. The fraction of sp³-hybridized carbons (Fsp3) is 0.409. The van der Waals surface area contributed by atoms with Gasteiger partial charge in [0.1, 0.15) is 6.23 Å². The Morgan fingerprint density at radius 2 is 1.82 bits per heavy atom. The van der Waals surface area contributed by atoms with Gasteiger partial charge >= 0.3 is 6.18 Å². The van der Waals surface area contributed by atoms with Crippen LogP contribution in [0.3, 0.4) is 0 Å². The summed E-state index contributed by atoms with van der Waals surface area (Å²) in [6.07, 6.45) is -2.78. The SMILES string of the molecule is CCCCCC(O)NNc1cc(C2=NOC(c3cc(Cl)cc(Cl)c3)(C(F)(F)F)C2)ccc1Cl. The number of unbranched alkanes of at least 4 members (excludes halogenated alkanes) is 2. The molecule has 1 aliphatic heterocycles. The van der Waals surface area contributed by atoms with Gasteiger partial charge in [-0.2, -0.15) is 13.2 Å². The summed E-state index contributed by atoms with van der Waals surface area (Å²) in [6, 6.07) is 8.28. The van der Waals surface area contributed by atoms with E-state index >= 15 is 0 Å². The van der Waals surface area contributed by atoms with E-state index in [1.165, 1.54) is 18.2 Å². The molecule has 2 aromatic rings. The zero-order chi connectivity index (χ0) is 24.2. The van der Waals surface area contributed by atoms with Crippen LogP contribution >= 0.6 is 34.8 Å². The molecule has 0 fully saturated rings. The Hall–Kier alpha value is -1.71. The zero-order valence-electron chi connectivity index (χ0n) is 17.6. The molecule has 0 aliphatic carbocycles. The summed E-state index contributed by atoms with van der Waals surface area (Å²) in [7, 11) is 0. The number of nitrogens with zero attached hydrogens (tertiary/aromatic N) is 1. The zero-order valence-corrected chi connectivity index (χ0v) is 19.9. The van der Waals surface area contributed by atoms with Crippen LogP contribution in [0.15, 0.2) is 41.6 Å². The van der Waals surface area contributed by atoms with Crippen molar-refractivity contribution in [2.45, 2.75) is 57.0 Å². The predicted octanol–water partition coefficient (Wildman–Crippen LogP) is 7.04. The van der Waals surface area contributed by atoms with Gasteiger partial charge in [-0.25, -0.2) is 5.43 Å². The van der Waals surface area contributed by atoms with Crippen molar-refractivity contribution in [2.75, 3.05) is 5.43 Å². The van der Waals surface area contributed by atoms with Crippen LogP contribution in [0.2, 0.25) is 15.1 Å². The Morgan fingerprint density at radius 3 is 2.45 bits per heavy atom. The van der Waals surface area contributed by atoms with Crippen molar-refractivity contribution >= 4 is 46.2 Å². The van der Waals surface area contributed by atoms with Crippen molar-refractivity contribution in [3.05, 3.63) is 62.6 Å². The molecule has 180 valence electrons. The topological polar surface area (TPSA) is 65.9 Å². The van der Waals surface area contributed by atoms with E-state index in [9.17, 15) is 18.3 Å². The van der Waals surface area contributed by atoms with Gasteiger partial charge in [0.2, 0.25) is 0 Å². The van der Waals surface area contributed by atoms with Crippen LogP contribution in [0.5, 0.6) is 0 Å². The van der Waals surface area contributed by atoms with Gasteiger partial charge in [-0.05, 0) is 43.2 Å². The van der Waals surface area contributed by atoms with Gasteiger partial charge < -0.3 is 15.4 Å². The maximum absolute atomic E-state index is 14.2. The quantitative estimate of drug-likeness (QED) is 0.187. The summed E-state index contributed by atoms with van der Waals surface area (Å²) in [4.78, 5) is 5.03. The van der Waals surface area contributed by atoms with E-state index in [1.807, 2.05) is 0 Å². The second kappa shape index (κ2) is 10.7. The second-order valence-corrected chi connectivity index (χ2v) is 9.04. The largest absolute Gasteiger partial charge is 0.435 e. The minimum atomic E-state index is -4.79. The normalized spacial score (nSPS) is 19.2. The molecule has 33 heavy (non-hydrogen) atoms. The minimum absolute atomic E-state index is 0.0553. The molecule has 0 radical (unpaired) electrons. The van der Waals surface area contributed by atoms with Crippen LogP contribution in [0, 0.1) is 0 Å². The fourth-order valence-electron chi connectivity index (χ4n) is 3.47. The monoisotopic (exact) mass is 523 g/mol. The van der Waals surface area contributed by atoms with E-state index in [1.54, 1.807) is 6.07 Å². The van der Waals surface area contributed by atoms with E-state index in [-0.39, 0.29) is 21.3 Å².